The van der Waals surface area contributed by atoms with Crippen LogP contribution < -0.4 is 10.2 Å². The molecule has 0 fully saturated rings. The van der Waals surface area contributed by atoms with Gasteiger partial charge in [-0.2, -0.15) is 0 Å². The zero-order chi connectivity index (χ0) is 21.9. The molecule has 4 nitrogen and oxygen atoms in total. The molecule has 0 saturated carbocycles. The lowest BCUT2D eigenvalue weighted by Gasteiger charge is -2.21. The van der Waals surface area contributed by atoms with Gasteiger partial charge in [-0.25, -0.2) is 0 Å². The van der Waals surface area contributed by atoms with Crippen LogP contribution >= 0.6 is 0 Å². The largest absolute Gasteiger partial charge is 0.345 e. The monoisotopic (exact) mass is 420 g/mol. The summed E-state index contributed by atoms with van der Waals surface area (Å²) in [7, 11) is 0. The van der Waals surface area contributed by atoms with Crippen molar-refractivity contribution in [2.75, 3.05) is 11.4 Å². The molecule has 0 atom stereocenters. The standard InChI is InChI=1S/C28H24N2O2/c31-25(29-27(21-10-3-1-4-11-21)22-12-5-2-6-13-22)18-9-19-30-24-17-8-15-20-14-7-16-23(26(20)24)28(30)32/h1-8,10-17,27H,9,18-19H2,(H,29,31). The van der Waals surface area contributed by atoms with Gasteiger partial charge in [-0.3, -0.25) is 9.59 Å². The number of carbonyl (C=O) groups is 2. The third kappa shape index (κ3) is 3.76. The highest BCUT2D eigenvalue weighted by atomic mass is 16.2. The summed E-state index contributed by atoms with van der Waals surface area (Å²) >= 11 is 0. The molecule has 1 aliphatic heterocycles. The molecule has 0 aromatic heterocycles. The minimum atomic E-state index is -0.198. The van der Waals surface area contributed by atoms with E-state index in [0.29, 0.717) is 19.4 Å². The van der Waals surface area contributed by atoms with Gasteiger partial charge in [-0.05, 0) is 35.1 Å². The van der Waals surface area contributed by atoms with Crippen LogP contribution in [-0.2, 0) is 4.79 Å². The number of benzene rings is 4. The van der Waals surface area contributed by atoms with Crippen molar-refractivity contribution in [3.8, 4) is 0 Å². The Bertz CT molecular complexity index is 1220. The van der Waals surface area contributed by atoms with Crippen molar-refractivity contribution < 1.29 is 9.59 Å². The fourth-order valence-electron chi connectivity index (χ4n) is 4.48. The Morgan fingerprint density at radius 3 is 2.06 bits per heavy atom. The molecule has 4 aromatic carbocycles. The molecule has 158 valence electrons. The average Bonchev–Trinajstić information content (AvgIpc) is 3.12. The smallest absolute Gasteiger partial charge is 0.258 e. The van der Waals surface area contributed by atoms with Crippen molar-refractivity contribution in [3.63, 3.8) is 0 Å². The van der Waals surface area contributed by atoms with Crippen molar-refractivity contribution in [2.24, 2.45) is 0 Å². The van der Waals surface area contributed by atoms with Crippen LogP contribution in [-0.4, -0.2) is 18.4 Å². The molecule has 32 heavy (non-hydrogen) atoms. The summed E-state index contributed by atoms with van der Waals surface area (Å²) in [5.74, 6) is -0.00580. The summed E-state index contributed by atoms with van der Waals surface area (Å²) in [4.78, 5) is 27.6. The number of rotatable bonds is 7. The SMILES string of the molecule is O=C(CCCN1C(=O)c2cccc3cccc1c23)NC(c1ccccc1)c1ccccc1. The molecule has 1 aliphatic rings. The van der Waals surface area contributed by atoms with Crippen molar-refractivity contribution in [2.45, 2.75) is 18.9 Å². The number of hydrogen-bond donors (Lipinski definition) is 1. The third-order valence-corrected chi connectivity index (χ3v) is 6.01. The molecular formula is C28H24N2O2. The molecule has 1 N–H and O–H groups in total. The van der Waals surface area contributed by atoms with Gasteiger partial charge in [0.25, 0.3) is 5.91 Å². The zero-order valence-electron chi connectivity index (χ0n) is 17.7. The van der Waals surface area contributed by atoms with Gasteiger partial charge in [0, 0.05) is 23.9 Å². The number of hydrogen-bond acceptors (Lipinski definition) is 2. The first-order valence-electron chi connectivity index (χ1n) is 11.0. The van der Waals surface area contributed by atoms with E-state index in [1.165, 1.54) is 0 Å². The van der Waals surface area contributed by atoms with Crippen LogP contribution in [0, 0.1) is 0 Å². The maximum absolute atomic E-state index is 12.9. The molecule has 0 bridgehead atoms. The molecule has 4 aromatic rings. The van der Waals surface area contributed by atoms with Gasteiger partial charge in [0.1, 0.15) is 0 Å². The second-order valence-electron chi connectivity index (χ2n) is 8.06. The van der Waals surface area contributed by atoms with E-state index in [1.54, 1.807) is 4.90 Å². The lowest BCUT2D eigenvalue weighted by atomic mass is 9.98. The topological polar surface area (TPSA) is 49.4 Å². The van der Waals surface area contributed by atoms with E-state index in [4.69, 9.17) is 0 Å². The van der Waals surface area contributed by atoms with E-state index in [-0.39, 0.29) is 17.9 Å². The Labute approximate surface area is 187 Å². The lowest BCUT2D eigenvalue weighted by molar-refractivity contribution is -0.121. The quantitative estimate of drug-likeness (QED) is 0.430. The Morgan fingerprint density at radius 1 is 0.781 bits per heavy atom. The summed E-state index contributed by atoms with van der Waals surface area (Å²) in [5.41, 5.74) is 3.78. The number of nitrogens with zero attached hydrogens (tertiary/aromatic N) is 1. The van der Waals surface area contributed by atoms with E-state index >= 15 is 0 Å². The average molecular weight is 421 g/mol. The Hall–Kier alpha value is -3.92. The number of amides is 2. The Kier molecular flexibility index (Phi) is 5.42. The van der Waals surface area contributed by atoms with Crippen molar-refractivity contribution in [1.82, 2.24) is 5.32 Å². The fourth-order valence-corrected chi connectivity index (χ4v) is 4.48. The number of carbonyl (C=O) groups excluding carboxylic acids is 2. The first kappa shape index (κ1) is 20.0. The summed E-state index contributed by atoms with van der Waals surface area (Å²) in [6.45, 7) is 0.515. The van der Waals surface area contributed by atoms with Crippen molar-refractivity contribution in [3.05, 3.63) is 114 Å². The molecule has 0 radical (unpaired) electrons. The first-order chi connectivity index (χ1) is 15.7. The summed E-state index contributed by atoms with van der Waals surface area (Å²) in [6.07, 6.45) is 0.949. The molecule has 4 heteroatoms. The molecule has 2 amide bonds. The summed E-state index contributed by atoms with van der Waals surface area (Å²) < 4.78 is 0. The van der Waals surface area contributed by atoms with E-state index in [0.717, 1.165) is 33.2 Å². The minimum absolute atomic E-state index is 0.0173. The third-order valence-electron chi connectivity index (χ3n) is 6.01. The number of anilines is 1. The molecule has 1 heterocycles. The molecule has 5 rings (SSSR count). The van der Waals surface area contributed by atoms with E-state index in [1.807, 2.05) is 97.1 Å². The molecule has 0 unspecified atom stereocenters. The predicted octanol–water partition coefficient (Wildman–Crippen LogP) is 5.49. The van der Waals surface area contributed by atoms with Gasteiger partial charge in [0.15, 0.2) is 0 Å². The van der Waals surface area contributed by atoms with Crippen LogP contribution in [0.2, 0.25) is 0 Å². The highest BCUT2D eigenvalue weighted by molar-refractivity contribution is 6.25. The maximum Gasteiger partial charge on any atom is 0.258 e. The van der Waals surface area contributed by atoms with Crippen LogP contribution in [0.5, 0.6) is 0 Å². The summed E-state index contributed by atoms with van der Waals surface area (Å²) in [5, 5.41) is 5.26. The van der Waals surface area contributed by atoms with E-state index in [9.17, 15) is 9.59 Å². The first-order valence-corrected chi connectivity index (χ1v) is 11.0. The second-order valence-corrected chi connectivity index (χ2v) is 8.06. The van der Waals surface area contributed by atoms with Crippen LogP contribution in [0.1, 0.15) is 40.4 Å². The van der Waals surface area contributed by atoms with Crippen LogP contribution in [0.4, 0.5) is 5.69 Å². The van der Waals surface area contributed by atoms with Crippen molar-refractivity contribution >= 4 is 28.3 Å². The number of nitrogens with one attached hydrogen (secondary N) is 1. The van der Waals surface area contributed by atoms with Gasteiger partial charge >= 0.3 is 0 Å². The molecular weight excluding hydrogens is 396 g/mol. The Balaban J connectivity index is 1.26. The minimum Gasteiger partial charge on any atom is -0.345 e. The van der Waals surface area contributed by atoms with E-state index in [2.05, 4.69) is 5.32 Å². The van der Waals surface area contributed by atoms with Gasteiger partial charge in [0.2, 0.25) is 5.91 Å². The molecule has 0 aliphatic carbocycles. The van der Waals surface area contributed by atoms with Gasteiger partial charge in [0.05, 0.1) is 11.7 Å². The van der Waals surface area contributed by atoms with Crippen LogP contribution in [0.15, 0.2) is 97.1 Å². The van der Waals surface area contributed by atoms with Gasteiger partial charge in [-0.1, -0.05) is 84.9 Å². The predicted molar refractivity (Wildman–Crippen MR) is 128 cm³/mol. The van der Waals surface area contributed by atoms with Crippen molar-refractivity contribution in [1.29, 1.82) is 0 Å². The normalized spacial score (nSPS) is 12.5. The highest BCUT2D eigenvalue weighted by Gasteiger charge is 2.29. The highest BCUT2D eigenvalue weighted by Crippen LogP contribution is 2.37. The van der Waals surface area contributed by atoms with Crippen LogP contribution in [0.3, 0.4) is 0 Å². The second kappa shape index (κ2) is 8.67. The zero-order valence-corrected chi connectivity index (χ0v) is 17.7. The lowest BCUT2D eigenvalue weighted by Crippen LogP contribution is -2.31. The van der Waals surface area contributed by atoms with Crippen LogP contribution in [0.25, 0.3) is 10.8 Å². The van der Waals surface area contributed by atoms with E-state index < -0.39 is 0 Å². The van der Waals surface area contributed by atoms with Gasteiger partial charge < -0.3 is 10.2 Å². The Morgan fingerprint density at radius 2 is 1.41 bits per heavy atom. The molecule has 0 saturated heterocycles. The summed E-state index contributed by atoms with van der Waals surface area (Å²) in [6, 6.07) is 31.6. The molecule has 0 spiro atoms. The maximum atomic E-state index is 12.9. The van der Waals surface area contributed by atoms with Gasteiger partial charge in [-0.15, -0.1) is 0 Å². The fraction of sp³-hybridized carbons (Fsp3) is 0.143.